The Balaban J connectivity index is 1.64. The lowest BCUT2D eigenvalue weighted by Crippen LogP contribution is -2.29. The third-order valence-electron chi connectivity index (χ3n) is 5.01. The summed E-state index contributed by atoms with van der Waals surface area (Å²) in [5.41, 5.74) is 4.29. The van der Waals surface area contributed by atoms with Crippen molar-refractivity contribution in [1.29, 1.82) is 0 Å². The molecule has 1 aliphatic heterocycles. The van der Waals surface area contributed by atoms with Crippen LogP contribution in [0.3, 0.4) is 0 Å². The van der Waals surface area contributed by atoms with Crippen LogP contribution in [-0.4, -0.2) is 27.5 Å². The number of nitrogens with one attached hydrogen (secondary N) is 1. The number of benzene rings is 1. The monoisotopic (exact) mass is 321 g/mol. The van der Waals surface area contributed by atoms with Crippen molar-refractivity contribution in [2.75, 3.05) is 13.1 Å². The van der Waals surface area contributed by atoms with Gasteiger partial charge in [0, 0.05) is 36.9 Å². The van der Waals surface area contributed by atoms with Crippen LogP contribution in [0.25, 0.3) is 22.0 Å². The van der Waals surface area contributed by atoms with Gasteiger partial charge in [0.1, 0.15) is 5.52 Å². The van der Waals surface area contributed by atoms with Crippen molar-refractivity contribution in [1.82, 2.24) is 14.5 Å². The van der Waals surface area contributed by atoms with Gasteiger partial charge in [0.15, 0.2) is 0 Å². The highest BCUT2D eigenvalue weighted by Crippen LogP contribution is 2.27. The Bertz CT molecular complexity index is 899. The fourth-order valence-corrected chi connectivity index (χ4v) is 3.66. The van der Waals surface area contributed by atoms with Crippen molar-refractivity contribution < 1.29 is 0 Å². The molecule has 124 valence electrons. The molecule has 0 atom stereocenters. The van der Waals surface area contributed by atoms with Gasteiger partial charge in [-0.3, -0.25) is 9.69 Å². The maximum Gasteiger partial charge on any atom is 0.274 e. The van der Waals surface area contributed by atoms with Gasteiger partial charge in [0.2, 0.25) is 0 Å². The molecule has 24 heavy (non-hydrogen) atoms. The summed E-state index contributed by atoms with van der Waals surface area (Å²) < 4.78 is 1.65. The average Bonchev–Trinajstić information content (AvgIpc) is 3.10. The second kappa shape index (κ2) is 6.29. The number of aromatic amines is 1. The Labute approximate surface area is 141 Å². The van der Waals surface area contributed by atoms with Crippen LogP contribution < -0.4 is 5.56 Å². The van der Waals surface area contributed by atoms with Gasteiger partial charge in [-0.05, 0) is 43.1 Å². The van der Waals surface area contributed by atoms with E-state index in [-0.39, 0.29) is 5.56 Å². The second-order valence-corrected chi connectivity index (χ2v) is 6.76. The number of pyridine rings is 1. The van der Waals surface area contributed by atoms with Crippen LogP contribution in [0.2, 0.25) is 0 Å². The lowest BCUT2D eigenvalue weighted by atomic mass is 10.0. The summed E-state index contributed by atoms with van der Waals surface area (Å²) in [6.45, 7) is 3.46. The average molecular weight is 321 g/mol. The van der Waals surface area contributed by atoms with Gasteiger partial charge in [-0.1, -0.05) is 30.7 Å². The maximum absolute atomic E-state index is 12.2. The zero-order chi connectivity index (χ0) is 16.5. The van der Waals surface area contributed by atoms with E-state index in [1.54, 1.807) is 11.6 Å². The molecule has 3 aromatic rings. The summed E-state index contributed by atoms with van der Waals surface area (Å²) in [5.74, 6) is 0. The number of fused-ring (bicyclic) bond motifs is 1. The molecule has 0 spiro atoms. The first-order valence-electron chi connectivity index (χ1n) is 8.71. The van der Waals surface area contributed by atoms with Crippen molar-refractivity contribution >= 4 is 10.9 Å². The van der Waals surface area contributed by atoms with E-state index in [4.69, 9.17) is 0 Å². The molecule has 0 aliphatic carbocycles. The summed E-state index contributed by atoms with van der Waals surface area (Å²) in [7, 11) is 1.80. The van der Waals surface area contributed by atoms with Gasteiger partial charge in [0.25, 0.3) is 5.56 Å². The number of hydrogen-bond acceptors (Lipinski definition) is 2. The highest BCUT2D eigenvalue weighted by Gasteiger charge is 2.12. The normalized spacial score (nSPS) is 15.9. The molecule has 0 amide bonds. The third kappa shape index (κ3) is 2.78. The summed E-state index contributed by atoms with van der Waals surface area (Å²) >= 11 is 0. The first-order chi connectivity index (χ1) is 11.7. The highest BCUT2D eigenvalue weighted by atomic mass is 16.1. The number of aryl methyl sites for hydroxylation is 1. The minimum absolute atomic E-state index is 0.0143. The van der Waals surface area contributed by atoms with E-state index in [1.165, 1.54) is 37.9 Å². The van der Waals surface area contributed by atoms with Gasteiger partial charge in [0.05, 0.1) is 0 Å². The standard InChI is InChI=1S/C20H23N3O/c1-22-14-18(17-9-10-21-19(17)20(22)24)16-7-5-15(6-8-16)13-23-11-3-2-4-12-23/h5-10,14,21H,2-4,11-13H2,1H3. The van der Waals surface area contributed by atoms with E-state index in [2.05, 4.69) is 34.1 Å². The minimum atomic E-state index is 0.0143. The molecule has 0 bridgehead atoms. The number of hydrogen-bond donors (Lipinski definition) is 1. The molecule has 1 fully saturated rings. The smallest absolute Gasteiger partial charge is 0.274 e. The van der Waals surface area contributed by atoms with Crippen molar-refractivity contribution in [3.05, 3.63) is 58.6 Å². The molecule has 1 aliphatic rings. The van der Waals surface area contributed by atoms with Crippen LogP contribution in [0, 0.1) is 0 Å². The van der Waals surface area contributed by atoms with Crippen molar-refractivity contribution in [2.24, 2.45) is 7.05 Å². The predicted molar refractivity (Wildman–Crippen MR) is 98.1 cm³/mol. The zero-order valence-corrected chi connectivity index (χ0v) is 14.1. The van der Waals surface area contributed by atoms with Gasteiger partial charge < -0.3 is 9.55 Å². The van der Waals surface area contributed by atoms with Crippen LogP contribution in [0.1, 0.15) is 24.8 Å². The number of nitrogens with zero attached hydrogens (tertiary/aromatic N) is 2. The molecule has 4 nitrogen and oxygen atoms in total. The summed E-state index contributed by atoms with van der Waals surface area (Å²) in [5, 5.41) is 0.988. The summed E-state index contributed by atoms with van der Waals surface area (Å²) in [6.07, 6.45) is 7.77. The lowest BCUT2D eigenvalue weighted by Gasteiger charge is -2.26. The number of piperidine rings is 1. The maximum atomic E-state index is 12.2. The molecule has 0 unspecified atom stereocenters. The molecule has 0 radical (unpaired) electrons. The summed E-state index contributed by atoms with van der Waals surface area (Å²) in [4.78, 5) is 17.8. The predicted octanol–water partition coefficient (Wildman–Crippen LogP) is 3.52. The zero-order valence-electron chi connectivity index (χ0n) is 14.1. The molecule has 2 aromatic heterocycles. The molecule has 1 aromatic carbocycles. The Morgan fingerprint density at radius 3 is 2.54 bits per heavy atom. The number of rotatable bonds is 3. The lowest BCUT2D eigenvalue weighted by molar-refractivity contribution is 0.221. The number of likely N-dealkylation sites (tertiary alicyclic amines) is 1. The van der Waals surface area contributed by atoms with Crippen LogP contribution in [-0.2, 0) is 13.6 Å². The van der Waals surface area contributed by atoms with Crippen LogP contribution in [0.4, 0.5) is 0 Å². The van der Waals surface area contributed by atoms with E-state index in [0.29, 0.717) is 5.52 Å². The van der Waals surface area contributed by atoms with Crippen molar-refractivity contribution in [2.45, 2.75) is 25.8 Å². The van der Waals surface area contributed by atoms with Crippen LogP contribution >= 0.6 is 0 Å². The Morgan fingerprint density at radius 2 is 1.79 bits per heavy atom. The van der Waals surface area contributed by atoms with E-state index >= 15 is 0 Å². The quantitative estimate of drug-likeness (QED) is 0.802. The highest BCUT2D eigenvalue weighted by molar-refractivity contribution is 5.94. The number of H-pyrrole nitrogens is 1. The Hall–Kier alpha value is -2.33. The summed E-state index contributed by atoms with van der Waals surface area (Å²) in [6, 6.07) is 10.8. The molecule has 1 N–H and O–H groups in total. The van der Waals surface area contributed by atoms with Gasteiger partial charge in [-0.2, -0.15) is 0 Å². The third-order valence-corrected chi connectivity index (χ3v) is 5.01. The Kier molecular flexibility index (Phi) is 3.98. The van der Waals surface area contributed by atoms with Crippen LogP contribution in [0.5, 0.6) is 0 Å². The van der Waals surface area contributed by atoms with E-state index in [0.717, 1.165) is 23.1 Å². The van der Waals surface area contributed by atoms with E-state index < -0.39 is 0 Å². The van der Waals surface area contributed by atoms with Gasteiger partial charge >= 0.3 is 0 Å². The largest absolute Gasteiger partial charge is 0.357 e. The first kappa shape index (κ1) is 15.2. The first-order valence-corrected chi connectivity index (χ1v) is 8.71. The SMILES string of the molecule is Cn1cc(-c2ccc(CN3CCCCC3)cc2)c2cc[nH]c2c1=O. The molecule has 4 heteroatoms. The number of aromatic nitrogens is 2. The molecule has 4 rings (SSSR count). The topological polar surface area (TPSA) is 41.0 Å². The minimum Gasteiger partial charge on any atom is -0.357 e. The van der Waals surface area contributed by atoms with Crippen LogP contribution in [0.15, 0.2) is 47.5 Å². The molecule has 0 saturated carbocycles. The fraction of sp³-hybridized carbons (Fsp3) is 0.350. The van der Waals surface area contributed by atoms with E-state index in [1.807, 2.05) is 18.5 Å². The Morgan fingerprint density at radius 1 is 1.04 bits per heavy atom. The molecule has 1 saturated heterocycles. The fourth-order valence-electron chi connectivity index (χ4n) is 3.66. The van der Waals surface area contributed by atoms with Crippen molar-refractivity contribution in [3.63, 3.8) is 0 Å². The molecular formula is C20H23N3O. The molecular weight excluding hydrogens is 298 g/mol. The van der Waals surface area contributed by atoms with E-state index in [9.17, 15) is 4.79 Å². The van der Waals surface area contributed by atoms with Gasteiger partial charge in [-0.25, -0.2) is 0 Å². The molecule has 3 heterocycles. The second-order valence-electron chi connectivity index (χ2n) is 6.76. The van der Waals surface area contributed by atoms with Gasteiger partial charge in [-0.15, -0.1) is 0 Å². The van der Waals surface area contributed by atoms with Crippen molar-refractivity contribution in [3.8, 4) is 11.1 Å².